The lowest BCUT2D eigenvalue weighted by Crippen LogP contribution is -2.11. The Hall–Kier alpha value is -0.570. The Labute approximate surface area is 95.1 Å². The molecule has 0 radical (unpaired) electrons. The summed E-state index contributed by atoms with van der Waals surface area (Å²) in [6.07, 6.45) is -0.217. The van der Waals surface area contributed by atoms with Crippen molar-refractivity contribution in [3.63, 3.8) is 0 Å². The van der Waals surface area contributed by atoms with E-state index < -0.39 is 0 Å². The minimum atomic E-state index is -0.242. The van der Waals surface area contributed by atoms with Crippen LogP contribution in [0.4, 0.5) is 0 Å². The molecule has 82 valence electrons. The van der Waals surface area contributed by atoms with Crippen LogP contribution in [0.5, 0.6) is 0 Å². The summed E-state index contributed by atoms with van der Waals surface area (Å²) in [5.41, 5.74) is 3.53. The van der Waals surface area contributed by atoms with Crippen molar-refractivity contribution in [1.82, 2.24) is 0 Å². The SMILES string of the molecule is Cc1ccc(C)c(C2OCC(CCl)O2)c1. The Morgan fingerprint density at radius 1 is 1.40 bits per heavy atom. The molecule has 0 bridgehead atoms. The van der Waals surface area contributed by atoms with Crippen LogP contribution in [0.3, 0.4) is 0 Å². The van der Waals surface area contributed by atoms with Crippen molar-refractivity contribution >= 4 is 11.6 Å². The number of benzene rings is 1. The molecule has 1 fully saturated rings. The number of aryl methyl sites for hydroxylation is 2. The van der Waals surface area contributed by atoms with E-state index in [-0.39, 0.29) is 12.4 Å². The average molecular weight is 227 g/mol. The number of alkyl halides is 1. The first-order valence-electron chi connectivity index (χ1n) is 5.11. The van der Waals surface area contributed by atoms with Crippen LogP contribution >= 0.6 is 11.6 Å². The number of rotatable bonds is 2. The summed E-state index contributed by atoms with van der Waals surface area (Å²) < 4.78 is 11.2. The quantitative estimate of drug-likeness (QED) is 0.722. The average Bonchev–Trinajstić information content (AvgIpc) is 2.70. The molecule has 0 spiro atoms. The highest BCUT2D eigenvalue weighted by molar-refractivity contribution is 6.18. The van der Waals surface area contributed by atoms with Crippen molar-refractivity contribution in [2.24, 2.45) is 0 Å². The highest BCUT2D eigenvalue weighted by atomic mass is 35.5. The van der Waals surface area contributed by atoms with Crippen LogP contribution in [0, 0.1) is 13.8 Å². The van der Waals surface area contributed by atoms with Crippen LogP contribution < -0.4 is 0 Å². The van der Waals surface area contributed by atoms with Gasteiger partial charge in [-0.15, -0.1) is 11.6 Å². The van der Waals surface area contributed by atoms with Crippen molar-refractivity contribution in [3.05, 3.63) is 34.9 Å². The molecule has 1 aliphatic rings. The normalized spacial score (nSPS) is 25.8. The van der Waals surface area contributed by atoms with Gasteiger partial charge in [0.15, 0.2) is 6.29 Å². The van der Waals surface area contributed by atoms with Gasteiger partial charge in [-0.25, -0.2) is 0 Å². The zero-order valence-electron chi connectivity index (χ0n) is 9.00. The van der Waals surface area contributed by atoms with E-state index in [1.807, 2.05) is 0 Å². The highest BCUT2D eigenvalue weighted by Crippen LogP contribution is 2.30. The molecule has 1 aliphatic heterocycles. The van der Waals surface area contributed by atoms with Gasteiger partial charge in [-0.1, -0.05) is 23.8 Å². The van der Waals surface area contributed by atoms with E-state index >= 15 is 0 Å². The highest BCUT2D eigenvalue weighted by Gasteiger charge is 2.27. The van der Waals surface area contributed by atoms with Crippen LogP contribution in [0.2, 0.25) is 0 Å². The van der Waals surface area contributed by atoms with Crippen molar-refractivity contribution < 1.29 is 9.47 Å². The van der Waals surface area contributed by atoms with E-state index in [0.29, 0.717) is 12.5 Å². The Kier molecular flexibility index (Phi) is 3.29. The third-order valence-corrected chi connectivity index (χ3v) is 2.95. The lowest BCUT2D eigenvalue weighted by Gasteiger charge is -2.13. The van der Waals surface area contributed by atoms with Crippen LogP contribution in [-0.2, 0) is 9.47 Å². The Morgan fingerprint density at radius 2 is 2.20 bits per heavy atom. The molecule has 0 aliphatic carbocycles. The molecule has 3 heteroatoms. The molecule has 2 rings (SSSR count). The lowest BCUT2D eigenvalue weighted by atomic mass is 10.1. The molecule has 0 N–H and O–H groups in total. The first-order chi connectivity index (χ1) is 7.20. The molecule has 0 amide bonds. The monoisotopic (exact) mass is 226 g/mol. The van der Waals surface area contributed by atoms with E-state index in [0.717, 1.165) is 5.56 Å². The predicted molar refractivity (Wildman–Crippen MR) is 60.2 cm³/mol. The molecule has 1 saturated heterocycles. The molecule has 2 atom stereocenters. The van der Waals surface area contributed by atoms with Gasteiger partial charge >= 0.3 is 0 Å². The zero-order chi connectivity index (χ0) is 10.8. The Balaban J connectivity index is 2.19. The summed E-state index contributed by atoms with van der Waals surface area (Å²) in [6, 6.07) is 6.29. The Bertz CT molecular complexity index is 351. The third kappa shape index (κ3) is 2.33. The maximum Gasteiger partial charge on any atom is 0.184 e. The van der Waals surface area contributed by atoms with Crippen LogP contribution in [0.25, 0.3) is 0 Å². The zero-order valence-corrected chi connectivity index (χ0v) is 9.75. The second-order valence-corrected chi connectivity index (χ2v) is 4.25. The second kappa shape index (κ2) is 4.52. The molecule has 0 aromatic heterocycles. The maximum atomic E-state index is 5.73. The fraction of sp³-hybridized carbons (Fsp3) is 0.500. The molecule has 2 unspecified atom stereocenters. The summed E-state index contributed by atoms with van der Waals surface area (Å²) in [5, 5.41) is 0. The minimum Gasteiger partial charge on any atom is -0.346 e. The van der Waals surface area contributed by atoms with Gasteiger partial charge in [-0.2, -0.15) is 0 Å². The molecular weight excluding hydrogens is 212 g/mol. The van der Waals surface area contributed by atoms with Gasteiger partial charge in [0.05, 0.1) is 18.6 Å². The summed E-state index contributed by atoms with van der Waals surface area (Å²) >= 11 is 5.73. The lowest BCUT2D eigenvalue weighted by molar-refractivity contribution is -0.0571. The van der Waals surface area contributed by atoms with Crippen molar-refractivity contribution in [1.29, 1.82) is 0 Å². The predicted octanol–water partition coefficient (Wildman–Crippen LogP) is 2.96. The van der Waals surface area contributed by atoms with Gasteiger partial charge in [-0.3, -0.25) is 0 Å². The van der Waals surface area contributed by atoms with Gasteiger partial charge in [0, 0.05) is 5.56 Å². The fourth-order valence-corrected chi connectivity index (χ4v) is 1.87. The summed E-state index contributed by atoms with van der Waals surface area (Å²) in [5.74, 6) is 0.487. The van der Waals surface area contributed by atoms with Gasteiger partial charge in [0.1, 0.15) is 0 Å². The molecule has 1 aromatic rings. The summed E-state index contributed by atoms with van der Waals surface area (Å²) in [7, 11) is 0. The topological polar surface area (TPSA) is 18.5 Å². The van der Waals surface area contributed by atoms with Gasteiger partial charge in [0.2, 0.25) is 0 Å². The standard InChI is InChI=1S/C12H15ClO2/c1-8-3-4-9(2)11(5-8)12-14-7-10(6-13)15-12/h3-5,10,12H,6-7H2,1-2H3. The van der Waals surface area contributed by atoms with E-state index in [2.05, 4.69) is 32.0 Å². The second-order valence-electron chi connectivity index (χ2n) is 3.94. The first-order valence-corrected chi connectivity index (χ1v) is 5.64. The number of ether oxygens (including phenoxy) is 2. The number of hydrogen-bond acceptors (Lipinski definition) is 2. The van der Waals surface area contributed by atoms with Crippen molar-refractivity contribution in [3.8, 4) is 0 Å². The summed E-state index contributed by atoms with van der Waals surface area (Å²) in [4.78, 5) is 0. The van der Waals surface area contributed by atoms with E-state index in [4.69, 9.17) is 21.1 Å². The Morgan fingerprint density at radius 3 is 2.87 bits per heavy atom. The number of halogens is 1. The molecule has 1 aromatic carbocycles. The third-order valence-electron chi connectivity index (χ3n) is 2.61. The van der Waals surface area contributed by atoms with Crippen LogP contribution in [-0.4, -0.2) is 18.6 Å². The van der Waals surface area contributed by atoms with Crippen LogP contribution in [0.1, 0.15) is 23.0 Å². The van der Waals surface area contributed by atoms with Crippen molar-refractivity contribution in [2.75, 3.05) is 12.5 Å². The maximum absolute atomic E-state index is 5.73. The first kappa shape index (κ1) is 10.9. The number of hydrogen-bond donors (Lipinski definition) is 0. The molecule has 2 nitrogen and oxygen atoms in total. The fourth-order valence-electron chi connectivity index (χ4n) is 1.71. The van der Waals surface area contributed by atoms with E-state index in [9.17, 15) is 0 Å². The van der Waals surface area contributed by atoms with E-state index in [1.54, 1.807) is 0 Å². The van der Waals surface area contributed by atoms with Crippen LogP contribution in [0.15, 0.2) is 18.2 Å². The van der Waals surface area contributed by atoms with Gasteiger partial charge < -0.3 is 9.47 Å². The largest absolute Gasteiger partial charge is 0.346 e. The smallest absolute Gasteiger partial charge is 0.184 e. The van der Waals surface area contributed by atoms with Gasteiger partial charge in [0.25, 0.3) is 0 Å². The molecule has 1 heterocycles. The van der Waals surface area contributed by atoms with Crippen molar-refractivity contribution in [2.45, 2.75) is 26.2 Å². The minimum absolute atomic E-state index is 0.0246. The van der Waals surface area contributed by atoms with Gasteiger partial charge in [-0.05, 0) is 19.4 Å². The molecule has 0 saturated carbocycles. The summed E-state index contributed by atoms with van der Waals surface area (Å²) in [6.45, 7) is 4.72. The molecular formula is C12H15ClO2. The molecule has 15 heavy (non-hydrogen) atoms. The van der Waals surface area contributed by atoms with E-state index in [1.165, 1.54) is 11.1 Å².